The van der Waals surface area contributed by atoms with Gasteiger partial charge in [0.1, 0.15) is 6.04 Å². The van der Waals surface area contributed by atoms with Crippen molar-refractivity contribution in [1.29, 1.82) is 0 Å². The maximum absolute atomic E-state index is 11.9. The van der Waals surface area contributed by atoms with Crippen molar-refractivity contribution in [3.63, 3.8) is 0 Å². The van der Waals surface area contributed by atoms with Gasteiger partial charge < -0.3 is 10.1 Å². The van der Waals surface area contributed by atoms with E-state index in [1.165, 1.54) is 7.11 Å². The minimum atomic E-state index is -0.411. The highest BCUT2D eigenvalue weighted by atomic mass is 16.5. The molecule has 0 fully saturated rings. The normalized spacial score (nSPS) is 12.3. The summed E-state index contributed by atoms with van der Waals surface area (Å²) in [5.41, 5.74) is 0.960. The van der Waals surface area contributed by atoms with Crippen LogP contribution in [-0.4, -0.2) is 19.6 Å². The third kappa shape index (κ3) is 2.36. The zero-order valence-corrected chi connectivity index (χ0v) is 10.6. The van der Waals surface area contributed by atoms with Crippen molar-refractivity contribution in [2.75, 3.05) is 13.7 Å². The molecule has 0 aliphatic rings. The van der Waals surface area contributed by atoms with Crippen LogP contribution in [0.5, 0.6) is 0 Å². The quantitative estimate of drug-likeness (QED) is 0.839. The summed E-state index contributed by atoms with van der Waals surface area (Å²) in [5.74, 6) is -0.256. The zero-order chi connectivity index (χ0) is 13.0. The van der Waals surface area contributed by atoms with Crippen LogP contribution in [0.3, 0.4) is 0 Å². The summed E-state index contributed by atoms with van der Waals surface area (Å²) in [6.07, 6.45) is 0. The second-order valence-corrected chi connectivity index (χ2v) is 4.08. The number of nitrogens with one attached hydrogen (secondary N) is 1. The molecule has 0 heterocycles. The predicted molar refractivity (Wildman–Crippen MR) is 72.4 cm³/mol. The van der Waals surface area contributed by atoms with Crippen molar-refractivity contribution in [1.82, 2.24) is 5.32 Å². The van der Waals surface area contributed by atoms with Crippen molar-refractivity contribution in [2.45, 2.75) is 13.0 Å². The van der Waals surface area contributed by atoms with Crippen LogP contribution in [0.25, 0.3) is 10.8 Å². The third-order valence-corrected chi connectivity index (χ3v) is 2.98. The summed E-state index contributed by atoms with van der Waals surface area (Å²) < 4.78 is 4.87. The molecule has 0 bridgehead atoms. The summed E-state index contributed by atoms with van der Waals surface area (Å²) in [6.45, 7) is 2.68. The highest BCUT2D eigenvalue weighted by molar-refractivity contribution is 5.90. The van der Waals surface area contributed by atoms with Crippen LogP contribution in [0.1, 0.15) is 18.5 Å². The first kappa shape index (κ1) is 12.6. The highest BCUT2D eigenvalue weighted by Crippen LogP contribution is 2.25. The van der Waals surface area contributed by atoms with E-state index in [1.807, 2.05) is 49.4 Å². The Bertz CT molecular complexity index is 546. The first-order valence-electron chi connectivity index (χ1n) is 6.06. The molecule has 0 aliphatic heterocycles. The van der Waals surface area contributed by atoms with Crippen LogP contribution in [0.15, 0.2) is 42.5 Å². The van der Waals surface area contributed by atoms with Gasteiger partial charge in [0.05, 0.1) is 7.11 Å². The van der Waals surface area contributed by atoms with E-state index in [4.69, 9.17) is 4.74 Å². The number of carbonyl (C=O) groups is 1. The average molecular weight is 243 g/mol. The lowest BCUT2D eigenvalue weighted by molar-refractivity contribution is -0.143. The largest absolute Gasteiger partial charge is 0.468 e. The smallest absolute Gasteiger partial charge is 0.327 e. The SMILES string of the molecule is CCNC(C(=O)OC)c1cccc2ccccc12. The van der Waals surface area contributed by atoms with E-state index in [9.17, 15) is 4.79 Å². The van der Waals surface area contributed by atoms with Gasteiger partial charge in [-0.3, -0.25) is 0 Å². The summed E-state index contributed by atoms with van der Waals surface area (Å²) in [6, 6.07) is 13.6. The van der Waals surface area contributed by atoms with Crippen LogP contribution in [0.4, 0.5) is 0 Å². The van der Waals surface area contributed by atoms with Gasteiger partial charge in [-0.1, -0.05) is 49.4 Å². The van der Waals surface area contributed by atoms with E-state index in [1.54, 1.807) is 0 Å². The van der Waals surface area contributed by atoms with Crippen LogP contribution in [0.2, 0.25) is 0 Å². The van der Waals surface area contributed by atoms with Gasteiger partial charge in [-0.05, 0) is 22.9 Å². The number of methoxy groups -OCH3 is 1. The number of carbonyl (C=O) groups excluding carboxylic acids is 1. The Balaban J connectivity index is 2.53. The van der Waals surface area contributed by atoms with Gasteiger partial charge in [0.2, 0.25) is 0 Å². The summed E-state index contributed by atoms with van der Waals surface area (Å²) >= 11 is 0. The van der Waals surface area contributed by atoms with Crippen molar-refractivity contribution >= 4 is 16.7 Å². The molecule has 0 amide bonds. The standard InChI is InChI=1S/C15H17NO2/c1-3-16-14(15(17)18-2)13-10-6-8-11-7-4-5-9-12(11)13/h4-10,14,16H,3H2,1-2H3. The molecular weight excluding hydrogens is 226 g/mol. The molecule has 94 valence electrons. The molecular formula is C15H17NO2. The lowest BCUT2D eigenvalue weighted by Gasteiger charge is -2.17. The zero-order valence-electron chi connectivity index (χ0n) is 10.6. The van der Waals surface area contributed by atoms with E-state index in [-0.39, 0.29) is 5.97 Å². The van der Waals surface area contributed by atoms with Crippen molar-refractivity contribution in [3.8, 4) is 0 Å². The summed E-state index contributed by atoms with van der Waals surface area (Å²) in [7, 11) is 1.41. The Morgan fingerprint density at radius 3 is 2.67 bits per heavy atom. The Kier molecular flexibility index (Phi) is 3.95. The maximum atomic E-state index is 11.9. The molecule has 2 aromatic carbocycles. The molecule has 3 nitrogen and oxygen atoms in total. The van der Waals surface area contributed by atoms with Crippen molar-refractivity contribution in [3.05, 3.63) is 48.0 Å². The van der Waals surface area contributed by atoms with E-state index in [0.717, 1.165) is 16.3 Å². The lowest BCUT2D eigenvalue weighted by atomic mass is 9.99. The Morgan fingerprint density at radius 2 is 1.94 bits per heavy atom. The Hall–Kier alpha value is -1.87. The molecule has 1 N–H and O–H groups in total. The van der Waals surface area contributed by atoms with Crippen LogP contribution in [-0.2, 0) is 9.53 Å². The third-order valence-electron chi connectivity index (χ3n) is 2.98. The van der Waals surface area contributed by atoms with E-state index >= 15 is 0 Å². The van der Waals surface area contributed by atoms with Gasteiger partial charge in [0.25, 0.3) is 0 Å². The fourth-order valence-electron chi connectivity index (χ4n) is 2.14. The van der Waals surface area contributed by atoms with Crippen molar-refractivity contribution in [2.24, 2.45) is 0 Å². The molecule has 0 radical (unpaired) electrons. The minimum absolute atomic E-state index is 0.256. The molecule has 1 unspecified atom stereocenters. The Morgan fingerprint density at radius 1 is 1.22 bits per heavy atom. The van der Waals surface area contributed by atoms with Crippen LogP contribution in [0, 0.1) is 0 Å². The average Bonchev–Trinajstić information content (AvgIpc) is 2.43. The first-order valence-corrected chi connectivity index (χ1v) is 6.06. The number of benzene rings is 2. The van der Waals surface area contributed by atoms with Crippen LogP contribution >= 0.6 is 0 Å². The van der Waals surface area contributed by atoms with Gasteiger partial charge in [0, 0.05) is 0 Å². The van der Waals surface area contributed by atoms with Gasteiger partial charge in [0.15, 0.2) is 0 Å². The molecule has 0 saturated heterocycles. The molecule has 3 heteroatoms. The first-order chi connectivity index (χ1) is 8.77. The lowest BCUT2D eigenvalue weighted by Crippen LogP contribution is -2.29. The molecule has 0 spiro atoms. The molecule has 0 aliphatic carbocycles. The topological polar surface area (TPSA) is 38.3 Å². The van der Waals surface area contributed by atoms with E-state index < -0.39 is 6.04 Å². The molecule has 1 atom stereocenters. The van der Waals surface area contributed by atoms with Gasteiger partial charge in [-0.15, -0.1) is 0 Å². The number of hydrogen-bond donors (Lipinski definition) is 1. The summed E-state index contributed by atoms with van der Waals surface area (Å²) in [5, 5.41) is 5.37. The maximum Gasteiger partial charge on any atom is 0.327 e. The second-order valence-electron chi connectivity index (χ2n) is 4.08. The number of rotatable bonds is 4. The minimum Gasteiger partial charge on any atom is -0.468 e. The highest BCUT2D eigenvalue weighted by Gasteiger charge is 2.21. The van der Waals surface area contributed by atoms with Gasteiger partial charge in [-0.2, -0.15) is 0 Å². The molecule has 18 heavy (non-hydrogen) atoms. The number of esters is 1. The van der Waals surface area contributed by atoms with Crippen LogP contribution < -0.4 is 5.32 Å². The monoisotopic (exact) mass is 243 g/mol. The number of fused-ring (bicyclic) bond motifs is 1. The molecule has 0 aromatic heterocycles. The fourth-order valence-corrected chi connectivity index (χ4v) is 2.14. The summed E-state index contributed by atoms with van der Waals surface area (Å²) in [4.78, 5) is 11.9. The second kappa shape index (κ2) is 5.65. The molecule has 2 aromatic rings. The Labute approximate surface area is 107 Å². The van der Waals surface area contributed by atoms with Gasteiger partial charge >= 0.3 is 5.97 Å². The van der Waals surface area contributed by atoms with Crippen molar-refractivity contribution < 1.29 is 9.53 Å². The number of hydrogen-bond acceptors (Lipinski definition) is 3. The fraction of sp³-hybridized carbons (Fsp3) is 0.267. The number of ether oxygens (including phenoxy) is 1. The van der Waals surface area contributed by atoms with E-state index in [0.29, 0.717) is 6.54 Å². The van der Waals surface area contributed by atoms with Gasteiger partial charge in [-0.25, -0.2) is 4.79 Å². The molecule has 2 rings (SSSR count). The number of likely N-dealkylation sites (N-methyl/N-ethyl adjacent to an activating group) is 1. The van der Waals surface area contributed by atoms with E-state index in [2.05, 4.69) is 5.32 Å². The predicted octanol–water partition coefficient (Wildman–Crippen LogP) is 2.66. The molecule has 0 saturated carbocycles.